The van der Waals surface area contributed by atoms with E-state index >= 15 is 0 Å². The molecule has 7 heteroatoms. The van der Waals surface area contributed by atoms with E-state index in [9.17, 15) is 4.79 Å². The van der Waals surface area contributed by atoms with E-state index in [0.717, 1.165) is 5.56 Å². The molecule has 0 bridgehead atoms. The number of aromatic nitrogens is 1. The number of rotatable bonds is 6. The van der Waals surface area contributed by atoms with Gasteiger partial charge < -0.3 is 14.8 Å². The molecule has 0 saturated carbocycles. The normalized spacial score (nSPS) is 11.6. The number of methoxy groups -OCH3 is 1. The zero-order valence-corrected chi connectivity index (χ0v) is 13.6. The number of hydrogen-bond acceptors (Lipinski definition) is 5. The molecule has 0 fully saturated rings. The lowest BCUT2D eigenvalue weighted by molar-refractivity contribution is 0.249. The van der Waals surface area contributed by atoms with Crippen molar-refractivity contribution >= 4 is 22.5 Å². The average molecular weight is 321 g/mol. The molecule has 0 aliphatic rings. The van der Waals surface area contributed by atoms with Crippen LogP contribution in [0.5, 0.6) is 11.5 Å². The molecule has 1 unspecified atom stereocenters. The number of amides is 2. The summed E-state index contributed by atoms with van der Waals surface area (Å²) in [6.45, 7) is 4.39. The fourth-order valence-electron chi connectivity index (χ4n) is 1.93. The molecule has 1 atom stereocenters. The lowest BCUT2D eigenvalue weighted by Gasteiger charge is -2.17. The zero-order valence-electron chi connectivity index (χ0n) is 12.8. The molecular formula is C15H19N3O3S. The molecule has 0 aliphatic carbocycles. The molecule has 0 saturated heterocycles. The highest BCUT2D eigenvalue weighted by Crippen LogP contribution is 2.30. The zero-order chi connectivity index (χ0) is 15.9. The van der Waals surface area contributed by atoms with Crippen LogP contribution in [-0.4, -0.2) is 24.7 Å². The first kappa shape index (κ1) is 16.1. The Bertz CT molecular complexity index is 617. The number of urea groups is 1. The Morgan fingerprint density at radius 1 is 1.41 bits per heavy atom. The Labute approximate surface area is 133 Å². The van der Waals surface area contributed by atoms with Crippen LogP contribution < -0.4 is 20.1 Å². The van der Waals surface area contributed by atoms with Crippen molar-refractivity contribution in [1.29, 1.82) is 0 Å². The van der Waals surface area contributed by atoms with Gasteiger partial charge >= 0.3 is 6.03 Å². The van der Waals surface area contributed by atoms with Crippen LogP contribution in [0.4, 0.5) is 9.93 Å². The van der Waals surface area contributed by atoms with E-state index in [1.54, 1.807) is 18.7 Å². The molecule has 2 N–H and O–H groups in total. The van der Waals surface area contributed by atoms with Crippen LogP contribution in [0.1, 0.15) is 25.5 Å². The minimum Gasteiger partial charge on any atom is -0.493 e. The van der Waals surface area contributed by atoms with Crippen LogP contribution in [0.15, 0.2) is 29.8 Å². The van der Waals surface area contributed by atoms with E-state index in [2.05, 4.69) is 15.6 Å². The second-order valence-electron chi connectivity index (χ2n) is 4.50. The Kier molecular flexibility index (Phi) is 5.60. The quantitative estimate of drug-likeness (QED) is 0.855. The molecule has 1 aromatic carbocycles. The second-order valence-corrected chi connectivity index (χ2v) is 5.40. The van der Waals surface area contributed by atoms with Gasteiger partial charge in [0.1, 0.15) is 0 Å². The predicted octanol–water partition coefficient (Wildman–Crippen LogP) is 3.43. The summed E-state index contributed by atoms with van der Waals surface area (Å²) in [6, 6.07) is 5.13. The Hall–Kier alpha value is -2.28. The number of hydrogen-bond donors (Lipinski definition) is 2. The van der Waals surface area contributed by atoms with Gasteiger partial charge in [0.05, 0.1) is 19.8 Å². The molecule has 2 rings (SSSR count). The minimum atomic E-state index is -0.296. The molecule has 118 valence electrons. The van der Waals surface area contributed by atoms with Gasteiger partial charge in [-0.25, -0.2) is 9.78 Å². The molecular weight excluding hydrogens is 302 g/mol. The van der Waals surface area contributed by atoms with Crippen molar-refractivity contribution in [1.82, 2.24) is 10.3 Å². The molecule has 2 amide bonds. The first-order valence-electron chi connectivity index (χ1n) is 6.91. The highest BCUT2D eigenvalue weighted by molar-refractivity contribution is 7.13. The van der Waals surface area contributed by atoms with E-state index in [0.29, 0.717) is 23.2 Å². The lowest BCUT2D eigenvalue weighted by Crippen LogP contribution is -2.31. The maximum Gasteiger partial charge on any atom is 0.321 e. The lowest BCUT2D eigenvalue weighted by atomic mass is 10.1. The summed E-state index contributed by atoms with van der Waals surface area (Å²) < 4.78 is 10.8. The van der Waals surface area contributed by atoms with Crippen molar-refractivity contribution in [3.8, 4) is 11.5 Å². The van der Waals surface area contributed by atoms with E-state index in [1.165, 1.54) is 11.3 Å². The van der Waals surface area contributed by atoms with Gasteiger partial charge in [-0.2, -0.15) is 0 Å². The van der Waals surface area contributed by atoms with Crippen molar-refractivity contribution < 1.29 is 14.3 Å². The van der Waals surface area contributed by atoms with Gasteiger partial charge in [0.25, 0.3) is 0 Å². The van der Waals surface area contributed by atoms with Crippen LogP contribution in [0.2, 0.25) is 0 Å². The van der Waals surface area contributed by atoms with Gasteiger partial charge in [0, 0.05) is 11.6 Å². The van der Waals surface area contributed by atoms with Crippen molar-refractivity contribution in [2.24, 2.45) is 0 Å². The predicted molar refractivity (Wildman–Crippen MR) is 86.8 cm³/mol. The summed E-state index contributed by atoms with van der Waals surface area (Å²) >= 11 is 1.37. The van der Waals surface area contributed by atoms with Crippen molar-refractivity contribution in [3.63, 3.8) is 0 Å². The summed E-state index contributed by atoms with van der Waals surface area (Å²) in [4.78, 5) is 15.9. The van der Waals surface area contributed by atoms with Crippen LogP contribution in [0, 0.1) is 0 Å². The summed E-state index contributed by atoms with van der Waals surface area (Å²) in [7, 11) is 1.59. The number of carbonyl (C=O) groups excluding carboxylic acids is 1. The number of ether oxygens (including phenoxy) is 2. The topological polar surface area (TPSA) is 72.5 Å². The average Bonchev–Trinajstić information content (AvgIpc) is 3.00. The van der Waals surface area contributed by atoms with E-state index in [-0.39, 0.29) is 12.1 Å². The Balaban J connectivity index is 2.02. The number of anilines is 1. The first-order valence-corrected chi connectivity index (χ1v) is 7.79. The van der Waals surface area contributed by atoms with Crippen molar-refractivity contribution in [2.75, 3.05) is 19.0 Å². The maximum atomic E-state index is 11.9. The number of nitrogens with one attached hydrogen (secondary N) is 2. The first-order chi connectivity index (χ1) is 10.6. The Morgan fingerprint density at radius 3 is 2.86 bits per heavy atom. The van der Waals surface area contributed by atoms with Crippen LogP contribution in [0.3, 0.4) is 0 Å². The van der Waals surface area contributed by atoms with Crippen LogP contribution >= 0.6 is 11.3 Å². The molecule has 0 aliphatic heterocycles. The van der Waals surface area contributed by atoms with Gasteiger partial charge in [-0.1, -0.05) is 6.07 Å². The SMILES string of the molecule is CCOc1ccc(C(C)NC(=O)Nc2nccs2)cc1OC. The highest BCUT2D eigenvalue weighted by Gasteiger charge is 2.13. The standard InChI is InChI=1S/C15H19N3O3S/c1-4-21-12-6-5-11(9-13(12)20-3)10(2)17-14(19)18-15-16-7-8-22-15/h5-10H,4H2,1-3H3,(H2,16,17,18,19). The van der Waals surface area contributed by atoms with E-state index < -0.39 is 0 Å². The molecule has 0 spiro atoms. The third kappa shape index (κ3) is 4.11. The van der Waals surface area contributed by atoms with Gasteiger partial charge in [-0.05, 0) is 31.5 Å². The third-order valence-electron chi connectivity index (χ3n) is 2.99. The van der Waals surface area contributed by atoms with Gasteiger partial charge in [-0.3, -0.25) is 5.32 Å². The molecule has 6 nitrogen and oxygen atoms in total. The smallest absolute Gasteiger partial charge is 0.321 e. The summed E-state index contributed by atoms with van der Waals surface area (Å²) in [5, 5.41) is 7.91. The summed E-state index contributed by atoms with van der Waals surface area (Å²) in [5.74, 6) is 1.33. The molecule has 2 aromatic rings. The van der Waals surface area contributed by atoms with Crippen molar-refractivity contribution in [2.45, 2.75) is 19.9 Å². The number of carbonyl (C=O) groups is 1. The summed E-state index contributed by atoms with van der Waals surface area (Å²) in [6.07, 6.45) is 1.64. The maximum absolute atomic E-state index is 11.9. The Morgan fingerprint density at radius 2 is 2.23 bits per heavy atom. The van der Waals surface area contributed by atoms with Crippen LogP contribution in [0.25, 0.3) is 0 Å². The third-order valence-corrected chi connectivity index (χ3v) is 3.68. The van der Waals surface area contributed by atoms with E-state index in [4.69, 9.17) is 9.47 Å². The summed E-state index contributed by atoms with van der Waals surface area (Å²) in [5.41, 5.74) is 0.926. The van der Waals surface area contributed by atoms with Crippen LogP contribution in [-0.2, 0) is 0 Å². The fraction of sp³-hybridized carbons (Fsp3) is 0.333. The van der Waals surface area contributed by atoms with E-state index in [1.807, 2.05) is 32.0 Å². The second kappa shape index (κ2) is 7.65. The van der Waals surface area contributed by atoms with Gasteiger partial charge in [0.2, 0.25) is 0 Å². The van der Waals surface area contributed by atoms with Gasteiger partial charge in [0.15, 0.2) is 16.6 Å². The fourth-order valence-corrected chi connectivity index (χ4v) is 2.45. The number of nitrogens with zero attached hydrogens (tertiary/aromatic N) is 1. The molecule has 1 heterocycles. The van der Waals surface area contributed by atoms with Gasteiger partial charge in [-0.15, -0.1) is 11.3 Å². The number of thiazole rings is 1. The molecule has 0 radical (unpaired) electrons. The minimum absolute atomic E-state index is 0.176. The molecule has 22 heavy (non-hydrogen) atoms. The molecule has 1 aromatic heterocycles. The number of benzene rings is 1. The van der Waals surface area contributed by atoms with Crippen molar-refractivity contribution in [3.05, 3.63) is 35.3 Å². The highest BCUT2D eigenvalue weighted by atomic mass is 32.1. The monoisotopic (exact) mass is 321 g/mol. The largest absolute Gasteiger partial charge is 0.493 e.